The van der Waals surface area contributed by atoms with Crippen LogP contribution in [0.5, 0.6) is 0 Å². The van der Waals surface area contributed by atoms with Crippen LogP contribution < -0.4 is 5.32 Å². The van der Waals surface area contributed by atoms with Gasteiger partial charge in [0.15, 0.2) is 0 Å². The molecule has 92 valence electrons. The largest absolute Gasteiger partial charge is 0.480 e. The molecule has 0 saturated carbocycles. The van der Waals surface area contributed by atoms with Gasteiger partial charge in [-0.05, 0) is 18.1 Å². The van der Waals surface area contributed by atoms with Gasteiger partial charge in [-0.25, -0.2) is 0 Å². The van der Waals surface area contributed by atoms with Gasteiger partial charge in [0.2, 0.25) is 0 Å². The van der Waals surface area contributed by atoms with Crippen molar-refractivity contribution >= 4 is 5.97 Å². The first-order valence-electron chi connectivity index (χ1n) is 5.80. The fraction of sp³-hybridized carbons (Fsp3) is 0.500. The highest BCUT2D eigenvalue weighted by Crippen LogP contribution is 2.12. The third-order valence-corrected chi connectivity index (χ3v) is 2.94. The van der Waals surface area contributed by atoms with Crippen LogP contribution >= 0.6 is 0 Å². The Morgan fingerprint density at radius 2 is 2.53 bits per heavy atom. The van der Waals surface area contributed by atoms with Crippen LogP contribution in [0.2, 0.25) is 0 Å². The summed E-state index contributed by atoms with van der Waals surface area (Å²) in [7, 11) is 0. The normalized spacial score (nSPS) is 20.6. The fourth-order valence-electron chi connectivity index (χ4n) is 2.12. The van der Waals surface area contributed by atoms with E-state index in [0.29, 0.717) is 6.04 Å². The van der Waals surface area contributed by atoms with Crippen molar-refractivity contribution < 1.29 is 9.90 Å². The SMILES string of the molecule is O=C(O)CNC1CCN(Cc2cccnc2)C1. The minimum Gasteiger partial charge on any atom is -0.480 e. The maximum absolute atomic E-state index is 10.4. The molecule has 17 heavy (non-hydrogen) atoms. The molecule has 5 heteroatoms. The van der Waals surface area contributed by atoms with Crippen LogP contribution in [-0.2, 0) is 11.3 Å². The van der Waals surface area contributed by atoms with E-state index in [1.54, 1.807) is 6.20 Å². The summed E-state index contributed by atoms with van der Waals surface area (Å²) in [6.07, 6.45) is 4.65. The summed E-state index contributed by atoms with van der Waals surface area (Å²) in [5.74, 6) is -0.796. The van der Waals surface area contributed by atoms with E-state index in [1.165, 1.54) is 5.56 Å². The van der Waals surface area contributed by atoms with E-state index in [-0.39, 0.29) is 6.54 Å². The zero-order valence-electron chi connectivity index (χ0n) is 9.67. The molecular formula is C12H17N3O2. The molecule has 5 nitrogen and oxygen atoms in total. The summed E-state index contributed by atoms with van der Waals surface area (Å²) in [5.41, 5.74) is 1.20. The van der Waals surface area contributed by atoms with Crippen LogP contribution in [0, 0.1) is 0 Å². The van der Waals surface area contributed by atoms with E-state index >= 15 is 0 Å². The summed E-state index contributed by atoms with van der Waals surface area (Å²) < 4.78 is 0. The van der Waals surface area contributed by atoms with E-state index < -0.39 is 5.97 Å². The smallest absolute Gasteiger partial charge is 0.317 e. The lowest BCUT2D eigenvalue weighted by molar-refractivity contribution is -0.136. The highest BCUT2D eigenvalue weighted by molar-refractivity contribution is 5.69. The Morgan fingerprint density at radius 3 is 3.24 bits per heavy atom. The summed E-state index contributed by atoms with van der Waals surface area (Å²) in [4.78, 5) is 16.8. The Morgan fingerprint density at radius 1 is 1.65 bits per heavy atom. The number of nitrogens with zero attached hydrogens (tertiary/aromatic N) is 2. The summed E-state index contributed by atoms with van der Waals surface area (Å²) >= 11 is 0. The van der Waals surface area contributed by atoms with Gasteiger partial charge in [-0.2, -0.15) is 0 Å². The molecule has 1 unspecified atom stereocenters. The van der Waals surface area contributed by atoms with E-state index in [1.807, 2.05) is 12.3 Å². The topological polar surface area (TPSA) is 65.5 Å². The lowest BCUT2D eigenvalue weighted by Gasteiger charge is -2.15. The number of likely N-dealkylation sites (tertiary alicyclic amines) is 1. The van der Waals surface area contributed by atoms with Crippen LogP contribution in [0.15, 0.2) is 24.5 Å². The van der Waals surface area contributed by atoms with Gasteiger partial charge in [0.25, 0.3) is 0 Å². The number of pyridine rings is 1. The highest BCUT2D eigenvalue weighted by atomic mass is 16.4. The lowest BCUT2D eigenvalue weighted by atomic mass is 10.2. The molecule has 0 spiro atoms. The van der Waals surface area contributed by atoms with E-state index in [0.717, 1.165) is 26.1 Å². The summed E-state index contributed by atoms with van der Waals surface area (Å²) in [5, 5.41) is 11.6. The number of carboxylic acids is 1. The molecule has 2 N–H and O–H groups in total. The van der Waals surface area contributed by atoms with Crippen LogP contribution in [-0.4, -0.2) is 46.6 Å². The van der Waals surface area contributed by atoms with Crippen molar-refractivity contribution in [1.82, 2.24) is 15.2 Å². The molecular weight excluding hydrogens is 218 g/mol. The van der Waals surface area contributed by atoms with Crippen molar-refractivity contribution in [3.8, 4) is 0 Å². The standard InChI is InChI=1S/C12H17N3O2/c16-12(17)7-14-11-3-5-15(9-11)8-10-2-1-4-13-6-10/h1-2,4,6,11,14H,3,5,7-9H2,(H,16,17). The van der Waals surface area contributed by atoms with Crippen molar-refractivity contribution in [2.75, 3.05) is 19.6 Å². The number of carboxylic acid groups (broad SMARTS) is 1. The summed E-state index contributed by atoms with van der Waals surface area (Å²) in [6, 6.07) is 4.29. The number of rotatable bonds is 5. The van der Waals surface area contributed by atoms with Crippen molar-refractivity contribution in [1.29, 1.82) is 0 Å². The third-order valence-electron chi connectivity index (χ3n) is 2.94. The maximum atomic E-state index is 10.4. The van der Waals surface area contributed by atoms with Gasteiger partial charge in [-0.1, -0.05) is 6.07 Å². The molecule has 0 radical (unpaired) electrons. The third kappa shape index (κ3) is 3.80. The maximum Gasteiger partial charge on any atom is 0.317 e. The van der Waals surface area contributed by atoms with Crippen molar-refractivity contribution in [2.24, 2.45) is 0 Å². The lowest BCUT2D eigenvalue weighted by Crippen LogP contribution is -2.35. The predicted molar refractivity (Wildman–Crippen MR) is 63.6 cm³/mol. The minimum atomic E-state index is -0.796. The minimum absolute atomic E-state index is 0.0470. The molecule has 1 atom stereocenters. The van der Waals surface area contributed by atoms with Crippen LogP contribution in [0.1, 0.15) is 12.0 Å². The Bertz CT molecular complexity index is 369. The second-order valence-electron chi connectivity index (χ2n) is 4.36. The number of aliphatic carboxylic acids is 1. The Hall–Kier alpha value is -1.46. The molecule has 1 fully saturated rings. The molecule has 1 saturated heterocycles. The first kappa shape index (κ1) is 12.0. The van der Waals surface area contributed by atoms with Gasteiger partial charge in [0.05, 0.1) is 6.54 Å². The van der Waals surface area contributed by atoms with Gasteiger partial charge in [0.1, 0.15) is 0 Å². The molecule has 0 aromatic carbocycles. The van der Waals surface area contributed by atoms with Gasteiger partial charge >= 0.3 is 5.97 Å². The van der Waals surface area contributed by atoms with Crippen LogP contribution in [0.3, 0.4) is 0 Å². The fourth-order valence-corrected chi connectivity index (χ4v) is 2.12. The average molecular weight is 235 g/mol. The first-order valence-corrected chi connectivity index (χ1v) is 5.80. The molecule has 2 rings (SSSR count). The van der Waals surface area contributed by atoms with E-state index in [2.05, 4.69) is 21.3 Å². The Kier molecular flexibility index (Phi) is 4.06. The molecule has 1 aromatic heterocycles. The second kappa shape index (κ2) is 5.75. The van der Waals surface area contributed by atoms with Crippen molar-refractivity contribution in [3.63, 3.8) is 0 Å². The van der Waals surface area contributed by atoms with Crippen LogP contribution in [0.4, 0.5) is 0 Å². The number of hydrogen-bond acceptors (Lipinski definition) is 4. The predicted octanol–water partition coefficient (Wildman–Crippen LogP) is 0.330. The Labute approximate surface area is 100 Å². The quantitative estimate of drug-likeness (QED) is 0.770. The van der Waals surface area contributed by atoms with Crippen molar-refractivity contribution in [3.05, 3.63) is 30.1 Å². The average Bonchev–Trinajstić information content (AvgIpc) is 2.75. The zero-order valence-corrected chi connectivity index (χ0v) is 9.67. The molecule has 1 aliphatic rings. The van der Waals surface area contributed by atoms with E-state index in [9.17, 15) is 4.79 Å². The zero-order chi connectivity index (χ0) is 12.1. The monoisotopic (exact) mass is 235 g/mol. The number of carbonyl (C=O) groups is 1. The number of hydrogen-bond donors (Lipinski definition) is 2. The van der Waals surface area contributed by atoms with Crippen LogP contribution in [0.25, 0.3) is 0 Å². The molecule has 1 aliphatic heterocycles. The van der Waals surface area contributed by atoms with Crippen molar-refractivity contribution in [2.45, 2.75) is 19.0 Å². The molecule has 0 amide bonds. The van der Waals surface area contributed by atoms with Gasteiger partial charge in [0, 0.05) is 38.1 Å². The second-order valence-corrected chi connectivity index (χ2v) is 4.36. The molecule has 1 aromatic rings. The number of nitrogens with one attached hydrogen (secondary N) is 1. The van der Waals surface area contributed by atoms with Gasteiger partial charge in [-0.3, -0.25) is 14.7 Å². The molecule has 0 aliphatic carbocycles. The highest BCUT2D eigenvalue weighted by Gasteiger charge is 2.22. The number of aromatic nitrogens is 1. The molecule has 2 heterocycles. The van der Waals surface area contributed by atoms with Gasteiger partial charge < -0.3 is 10.4 Å². The molecule has 0 bridgehead atoms. The van der Waals surface area contributed by atoms with Gasteiger partial charge in [-0.15, -0.1) is 0 Å². The first-order chi connectivity index (χ1) is 8.24. The van der Waals surface area contributed by atoms with E-state index in [4.69, 9.17) is 5.11 Å². The Balaban J connectivity index is 1.76. The summed E-state index contributed by atoms with van der Waals surface area (Å²) in [6.45, 7) is 2.85.